The molecule has 0 aliphatic carbocycles. The smallest absolute Gasteiger partial charge is 0.317 e. The van der Waals surface area contributed by atoms with E-state index in [1.165, 1.54) is 0 Å². The molecule has 0 radical (unpaired) electrons. The van der Waals surface area contributed by atoms with Crippen molar-refractivity contribution in [1.29, 1.82) is 0 Å². The molecule has 3 saturated heterocycles. The number of carbonyl (C=O) groups excluding carboxylic acids is 2. The van der Waals surface area contributed by atoms with Crippen LogP contribution in [0, 0.1) is 16.7 Å². The average Bonchev–Trinajstić information content (AvgIpc) is 3.23. The van der Waals surface area contributed by atoms with Crippen molar-refractivity contribution in [3.63, 3.8) is 0 Å². The first-order chi connectivity index (χ1) is 13.5. The summed E-state index contributed by atoms with van der Waals surface area (Å²) in [5.41, 5.74) is -0.547. The molecule has 2 N–H and O–H groups in total. The molecule has 1 atom stereocenters. The lowest BCUT2D eigenvalue weighted by atomic mass is 9.60. The number of piperidine rings is 1. The lowest BCUT2D eigenvalue weighted by Gasteiger charge is -2.46. The van der Waals surface area contributed by atoms with E-state index in [9.17, 15) is 9.59 Å². The summed E-state index contributed by atoms with van der Waals surface area (Å²) < 4.78 is 0. The predicted octanol–water partition coefficient (Wildman–Crippen LogP) is 1.25. The molecule has 0 bridgehead atoms. The van der Waals surface area contributed by atoms with Gasteiger partial charge in [0.05, 0.1) is 5.41 Å². The SMILES string of the molecule is CC(C)CNC(=O)N1CCC2(CC1)CN(c1ncccn1)CC21CCNC1=O. The molecule has 3 aliphatic heterocycles. The van der Waals surface area contributed by atoms with E-state index in [-0.39, 0.29) is 17.4 Å². The molecule has 1 aromatic heterocycles. The Kier molecular flexibility index (Phi) is 4.89. The van der Waals surface area contributed by atoms with Crippen LogP contribution in [0.4, 0.5) is 10.7 Å². The molecule has 3 fully saturated rings. The quantitative estimate of drug-likeness (QED) is 0.816. The Hall–Kier alpha value is -2.38. The normalized spacial score (nSPS) is 26.3. The van der Waals surface area contributed by atoms with Gasteiger partial charge in [-0.3, -0.25) is 4.79 Å². The lowest BCUT2D eigenvalue weighted by molar-refractivity contribution is -0.133. The molecule has 8 nitrogen and oxygen atoms in total. The number of fused-ring (bicyclic) bond motifs is 1. The van der Waals surface area contributed by atoms with Crippen molar-refractivity contribution < 1.29 is 9.59 Å². The van der Waals surface area contributed by atoms with Gasteiger partial charge in [-0.1, -0.05) is 13.8 Å². The molecule has 4 rings (SSSR count). The van der Waals surface area contributed by atoms with Gasteiger partial charge in [-0.2, -0.15) is 0 Å². The fraction of sp³-hybridized carbons (Fsp3) is 0.700. The second-order valence-corrected chi connectivity index (χ2v) is 8.84. The maximum atomic E-state index is 13.0. The van der Waals surface area contributed by atoms with Crippen molar-refractivity contribution in [2.45, 2.75) is 33.1 Å². The maximum absolute atomic E-state index is 13.0. The largest absolute Gasteiger partial charge is 0.356 e. The molecular weight excluding hydrogens is 356 g/mol. The van der Waals surface area contributed by atoms with Crippen LogP contribution in [0.1, 0.15) is 33.1 Å². The maximum Gasteiger partial charge on any atom is 0.317 e. The van der Waals surface area contributed by atoms with Crippen molar-refractivity contribution in [3.05, 3.63) is 18.5 Å². The predicted molar refractivity (Wildman–Crippen MR) is 106 cm³/mol. The van der Waals surface area contributed by atoms with Crippen molar-refractivity contribution in [2.24, 2.45) is 16.7 Å². The van der Waals surface area contributed by atoms with Crippen LogP contribution in [0.15, 0.2) is 18.5 Å². The molecule has 152 valence electrons. The number of hydrogen-bond donors (Lipinski definition) is 2. The van der Waals surface area contributed by atoms with E-state index in [0.29, 0.717) is 38.0 Å². The van der Waals surface area contributed by atoms with Gasteiger partial charge < -0.3 is 20.4 Å². The molecule has 0 saturated carbocycles. The van der Waals surface area contributed by atoms with Crippen LogP contribution in [0.2, 0.25) is 0 Å². The number of urea groups is 1. The molecule has 4 heterocycles. The van der Waals surface area contributed by atoms with Gasteiger partial charge in [-0.15, -0.1) is 0 Å². The fourth-order valence-electron chi connectivity index (χ4n) is 5.17. The highest BCUT2D eigenvalue weighted by Gasteiger charge is 2.64. The third-order valence-electron chi connectivity index (χ3n) is 6.75. The number of aromatic nitrogens is 2. The van der Waals surface area contributed by atoms with Crippen molar-refractivity contribution >= 4 is 17.9 Å². The van der Waals surface area contributed by atoms with E-state index in [4.69, 9.17) is 0 Å². The molecular formula is C20H30N6O2. The Labute approximate surface area is 166 Å². The third-order valence-corrected chi connectivity index (χ3v) is 6.75. The van der Waals surface area contributed by atoms with Crippen molar-refractivity contribution in [3.8, 4) is 0 Å². The van der Waals surface area contributed by atoms with Gasteiger partial charge >= 0.3 is 6.03 Å². The Bertz CT molecular complexity index is 731. The summed E-state index contributed by atoms with van der Waals surface area (Å²) in [4.78, 5) is 38.3. The molecule has 3 aliphatic rings. The van der Waals surface area contributed by atoms with Crippen LogP contribution in [-0.2, 0) is 4.79 Å². The van der Waals surface area contributed by atoms with Crippen LogP contribution in [0.5, 0.6) is 0 Å². The minimum Gasteiger partial charge on any atom is -0.356 e. The Balaban J connectivity index is 1.52. The number of nitrogens with zero attached hydrogens (tertiary/aromatic N) is 4. The standard InChI is InChI=1S/C20H30N6O2/c1-15(2)12-24-18(28)25-10-5-19(6-11-25)13-26(17-22-7-3-8-23-17)14-20(19)4-9-21-16(20)27/h3,7-8,15H,4-6,9-14H2,1-2H3,(H,21,27)(H,24,28). The summed E-state index contributed by atoms with van der Waals surface area (Å²) in [7, 11) is 0. The fourth-order valence-corrected chi connectivity index (χ4v) is 5.17. The summed E-state index contributed by atoms with van der Waals surface area (Å²) in [5, 5.41) is 6.08. The van der Waals surface area contributed by atoms with Crippen LogP contribution in [-0.4, -0.2) is 66.1 Å². The van der Waals surface area contributed by atoms with Crippen LogP contribution >= 0.6 is 0 Å². The minimum atomic E-state index is -0.410. The minimum absolute atomic E-state index is 0.00900. The number of nitrogens with one attached hydrogen (secondary N) is 2. The topological polar surface area (TPSA) is 90.5 Å². The Morgan fingerprint density at radius 1 is 1.21 bits per heavy atom. The zero-order valence-corrected chi connectivity index (χ0v) is 16.8. The first kappa shape index (κ1) is 19.0. The molecule has 1 unspecified atom stereocenters. The number of carbonyl (C=O) groups is 2. The highest BCUT2D eigenvalue weighted by molar-refractivity contribution is 5.87. The van der Waals surface area contributed by atoms with Gasteiger partial charge in [-0.25, -0.2) is 14.8 Å². The Morgan fingerprint density at radius 3 is 2.54 bits per heavy atom. The molecule has 2 spiro atoms. The monoisotopic (exact) mass is 386 g/mol. The van der Waals surface area contributed by atoms with Gasteiger partial charge in [-0.05, 0) is 31.2 Å². The molecule has 8 heteroatoms. The van der Waals surface area contributed by atoms with Crippen LogP contribution in [0.25, 0.3) is 0 Å². The number of rotatable bonds is 3. The molecule has 28 heavy (non-hydrogen) atoms. The van der Waals surface area contributed by atoms with E-state index < -0.39 is 5.41 Å². The Morgan fingerprint density at radius 2 is 1.93 bits per heavy atom. The first-order valence-corrected chi connectivity index (χ1v) is 10.3. The third kappa shape index (κ3) is 3.08. The molecule has 0 aromatic carbocycles. The zero-order chi connectivity index (χ0) is 19.8. The lowest BCUT2D eigenvalue weighted by Crippen LogP contribution is -2.54. The summed E-state index contributed by atoms with van der Waals surface area (Å²) in [5.74, 6) is 1.28. The molecule has 1 aromatic rings. The number of amides is 3. The van der Waals surface area contributed by atoms with E-state index in [0.717, 1.165) is 32.4 Å². The van der Waals surface area contributed by atoms with Gasteiger partial charge in [0, 0.05) is 57.1 Å². The first-order valence-electron chi connectivity index (χ1n) is 10.3. The second kappa shape index (κ2) is 7.22. The summed E-state index contributed by atoms with van der Waals surface area (Å²) in [6, 6.07) is 1.82. The van der Waals surface area contributed by atoms with Gasteiger partial charge in [0.25, 0.3) is 0 Å². The molecule has 3 amide bonds. The highest BCUT2D eigenvalue weighted by atomic mass is 16.2. The van der Waals surface area contributed by atoms with Gasteiger partial charge in [0.2, 0.25) is 11.9 Å². The van der Waals surface area contributed by atoms with E-state index in [2.05, 4.69) is 39.3 Å². The highest BCUT2D eigenvalue weighted by Crippen LogP contribution is 2.56. The average molecular weight is 387 g/mol. The summed E-state index contributed by atoms with van der Waals surface area (Å²) in [6.07, 6.45) is 6.00. The van der Waals surface area contributed by atoms with Gasteiger partial charge in [0.15, 0.2) is 0 Å². The summed E-state index contributed by atoms with van der Waals surface area (Å²) >= 11 is 0. The van der Waals surface area contributed by atoms with E-state index in [1.807, 2.05) is 11.0 Å². The van der Waals surface area contributed by atoms with Gasteiger partial charge in [0.1, 0.15) is 0 Å². The number of hydrogen-bond acceptors (Lipinski definition) is 5. The van der Waals surface area contributed by atoms with Crippen LogP contribution in [0.3, 0.4) is 0 Å². The zero-order valence-electron chi connectivity index (χ0n) is 16.8. The van der Waals surface area contributed by atoms with E-state index >= 15 is 0 Å². The number of anilines is 1. The van der Waals surface area contributed by atoms with Crippen LogP contribution < -0.4 is 15.5 Å². The second-order valence-electron chi connectivity index (χ2n) is 8.84. The summed E-state index contributed by atoms with van der Waals surface area (Å²) in [6.45, 7) is 8.38. The van der Waals surface area contributed by atoms with Crippen molar-refractivity contribution in [1.82, 2.24) is 25.5 Å². The van der Waals surface area contributed by atoms with Crippen molar-refractivity contribution in [2.75, 3.05) is 44.2 Å². The number of likely N-dealkylation sites (tertiary alicyclic amines) is 1. The van der Waals surface area contributed by atoms with E-state index in [1.54, 1.807) is 12.4 Å².